The van der Waals surface area contributed by atoms with Crippen LogP contribution in [0.15, 0.2) is 12.3 Å². The van der Waals surface area contributed by atoms with Gasteiger partial charge >= 0.3 is 0 Å². The summed E-state index contributed by atoms with van der Waals surface area (Å²) in [6.45, 7) is 21.3. The summed E-state index contributed by atoms with van der Waals surface area (Å²) >= 11 is 0. The van der Waals surface area contributed by atoms with Gasteiger partial charge in [0.15, 0.2) is 0 Å². The van der Waals surface area contributed by atoms with E-state index in [9.17, 15) is 14.4 Å². The van der Waals surface area contributed by atoms with Crippen molar-refractivity contribution in [2.75, 3.05) is 7.05 Å². The Bertz CT molecular complexity index is 628. The van der Waals surface area contributed by atoms with Gasteiger partial charge in [0.25, 0.3) is 0 Å². The second kappa shape index (κ2) is 7.64. The Balaban J connectivity index is 0.000000271. The number of likely N-dealkylation sites (tertiary alicyclic amines) is 2. The van der Waals surface area contributed by atoms with Gasteiger partial charge in [-0.15, -0.1) is 0 Å². The van der Waals surface area contributed by atoms with Crippen LogP contribution in [0.2, 0.25) is 0 Å². The normalized spacial score (nSPS) is 27.9. The van der Waals surface area contributed by atoms with Crippen LogP contribution in [0.4, 0.5) is 0 Å². The summed E-state index contributed by atoms with van der Waals surface area (Å²) in [5.74, 6) is 0.556. The third-order valence-electron chi connectivity index (χ3n) is 5.50. The minimum absolute atomic E-state index is 0.00454. The summed E-state index contributed by atoms with van der Waals surface area (Å²) in [6, 6.07) is 0.0970. The molecule has 154 valence electrons. The highest BCUT2D eigenvalue weighted by molar-refractivity contribution is 5.94. The maximum atomic E-state index is 11.9. The lowest BCUT2D eigenvalue weighted by atomic mass is 9.83. The van der Waals surface area contributed by atoms with Gasteiger partial charge in [-0.3, -0.25) is 14.4 Å². The van der Waals surface area contributed by atoms with Gasteiger partial charge in [-0.1, -0.05) is 55.0 Å². The number of β-lactam (4-membered cyclic amide) rings is 1. The van der Waals surface area contributed by atoms with E-state index in [1.165, 1.54) is 0 Å². The zero-order chi connectivity index (χ0) is 21.5. The first-order valence-corrected chi connectivity index (χ1v) is 9.62. The maximum absolute atomic E-state index is 11.9. The summed E-state index contributed by atoms with van der Waals surface area (Å²) in [4.78, 5) is 38.3. The van der Waals surface area contributed by atoms with Crippen LogP contribution < -0.4 is 5.32 Å². The molecule has 0 aliphatic carbocycles. The molecule has 0 aromatic heterocycles. The van der Waals surface area contributed by atoms with Gasteiger partial charge in [0, 0.05) is 35.5 Å². The number of amides is 3. The monoisotopic (exact) mass is 379 g/mol. The molecule has 2 fully saturated rings. The van der Waals surface area contributed by atoms with Gasteiger partial charge in [-0.2, -0.15) is 0 Å². The molecular weight excluding hydrogens is 342 g/mol. The summed E-state index contributed by atoms with van der Waals surface area (Å²) in [5, 5.41) is 2.76. The molecule has 6 nitrogen and oxygen atoms in total. The van der Waals surface area contributed by atoms with Crippen molar-refractivity contribution in [3.63, 3.8) is 0 Å². The number of hydrogen-bond donors (Lipinski definition) is 1. The summed E-state index contributed by atoms with van der Waals surface area (Å²) < 4.78 is 0. The molecule has 27 heavy (non-hydrogen) atoms. The molecule has 6 heteroatoms. The first-order valence-electron chi connectivity index (χ1n) is 9.62. The lowest BCUT2D eigenvalue weighted by molar-refractivity contribution is -0.151. The van der Waals surface area contributed by atoms with Gasteiger partial charge in [-0.05, 0) is 13.8 Å². The van der Waals surface area contributed by atoms with E-state index < -0.39 is 5.41 Å². The van der Waals surface area contributed by atoms with Crippen molar-refractivity contribution in [3.05, 3.63) is 12.3 Å². The van der Waals surface area contributed by atoms with E-state index in [4.69, 9.17) is 0 Å². The smallest absolute Gasteiger partial charge is 0.247 e. The molecule has 0 radical (unpaired) electrons. The average Bonchev–Trinajstić information content (AvgIpc) is 2.56. The van der Waals surface area contributed by atoms with Crippen molar-refractivity contribution in [2.45, 2.75) is 80.4 Å². The predicted molar refractivity (Wildman–Crippen MR) is 108 cm³/mol. The van der Waals surface area contributed by atoms with Crippen molar-refractivity contribution in [1.82, 2.24) is 15.1 Å². The molecule has 0 spiro atoms. The largest absolute Gasteiger partial charge is 0.342 e. The molecule has 0 bridgehead atoms. The van der Waals surface area contributed by atoms with Gasteiger partial charge < -0.3 is 15.1 Å². The molecule has 2 aliphatic rings. The molecule has 2 heterocycles. The average molecular weight is 380 g/mol. The van der Waals surface area contributed by atoms with Crippen LogP contribution >= 0.6 is 0 Å². The first kappa shape index (κ1) is 23.2. The second-order valence-corrected chi connectivity index (χ2v) is 9.84. The topological polar surface area (TPSA) is 69.7 Å². The predicted octanol–water partition coefficient (Wildman–Crippen LogP) is 2.79. The first-order chi connectivity index (χ1) is 12.0. The molecule has 2 rings (SSSR count). The third kappa shape index (κ3) is 4.71. The van der Waals surface area contributed by atoms with Gasteiger partial charge in [0.1, 0.15) is 6.04 Å². The summed E-state index contributed by atoms with van der Waals surface area (Å²) in [7, 11) is 1.74. The van der Waals surface area contributed by atoms with E-state index in [2.05, 4.69) is 25.7 Å². The number of carbonyl (C=O) groups excluding carboxylic acids is 3. The highest BCUT2D eigenvalue weighted by Gasteiger charge is 2.44. The Hall–Kier alpha value is -1.85. The van der Waals surface area contributed by atoms with E-state index in [-0.39, 0.29) is 35.2 Å². The highest BCUT2D eigenvalue weighted by Crippen LogP contribution is 2.37. The lowest BCUT2D eigenvalue weighted by Gasteiger charge is -2.49. The summed E-state index contributed by atoms with van der Waals surface area (Å²) in [6.07, 6.45) is 0. The molecule has 3 amide bonds. The van der Waals surface area contributed by atoms with Crippen molar-refractivity contribution in [3.8, 4) is 0 Å². The summed E-state index contributed by atoms with van der Waals surface area (Å²) in [5.41, 5.74) is 0.235. The standard InChI is InChI=1S/C11H19NO.C10H18N2O2/c1-7-8(2)12(9(7)3)10(13)11(4,5)6;1-6-7(8(13)12(6)5)11-9(14)10(2,3)4/h7,9H,2H2,1,3-6H3;6-7H,1-5H3,(H,11,14). The maximum Gasteiger partial charge on any atom is 0.247 e. The van der Waals surface area contributed by atoms with Crippen LogP contribution in [0.1, 0.15) is 62.3 Å². The van der Waals surface area contributed by atoms with E-state index in [0.29, 0.717) is 12.0 Å². The minimum Gasteiger partial charge on any atom is -0.342 e. The van der Waals surface area contributed by atoms with Crippen molar-refractivity contribution in [2.24, 2.45) is 16.7 Å². The van der Waals surface area contributed by atoms with Gasteiger partial charge in [0.2, 0.25) is 17.7 Å². The second-order valence-electron chi connectivity index (χ2n) is 9.84. The van der Waals surface area contributed by atoms with E-state index >= 15 is 0 Å². The van der Waals surface area contributed by atoms with E-state index in [1.807, 2.05) is 53.4 Å². The molecule has 0 aromatic rings. The fraction of sp³-hybridized carbons (Fsp3) is 0.762. The van der Waals surface area contributed by atoms with Crippen LogP contribution in [0.5, 0.6) is 0 Å². The van der Waals surface area contributed by atoms with Crippen LogP contribution in [0.3, 0.4) is 0 Å². The number of carbonyl (C=O) groups is 3. The minimum atomic E-state index is -0.436. The molecule has 2 aliphatic heterocycles. The van der Waals surface area contributed by atoms with Crippen LogP contribution in [-0.4, -0.2) is 52.7 Å². The zero-order valence-corrected chi connectivity index (χ0v) is 18.6. The van der Waals surface area contributed by atoms with Crippen LogP contribution in [-0.2, 0) is 14.4 Å². The molecule has 4 unspecified atom stereocenters. The van der Waals surface area contributed by atoms with E-state index in [0.717, 1.165) is 5.70 Å². The number of rotatable bonds is 1. The van der Waals surface area contributed by atoms with E-state index in [1.54, 1.807) is 11.9 Å². The Morgan fingerprint density at radius 3 is 1.78 bits per heavy atom. The van der Waals surface area contributed by atoms with Crippen molar-refractivity contribution in [1.29, 1.82) is 0 Å². The number of likely N-dealkylation sites (N-methyl/N-ethyl adjacent to an activating group) is 1. The quantitative estimate of drug-likeness (QED) is 0.712. The Morgan fingerprint density at radius 2 is 1.44 bits per heavy atom. The molecular formula is C21H37N3O3. The lowest BCUT2D eigenvalue weighted by Crippen LogP contribution is -2.68. The molecule has 0 aromatic carbocycles. The number of nitrogens with zero attached hydrogens (tertiary/aromatic N) is 2. The molecule has 4 atom stereocenters. The van der Waals surface area contributed by atoms with Gasteiger partial charge in [-0.25, -0.2) is 0 Å². The van der Waals surface area contributed by atoms with Crippen molar-refractivity contribution >= 4 is 17.7 Å². The SMILES string of the molecule is C=C1C(C)C(C)N1C(=O)C(C)(C)C.CC1C(NC(=O)C(C)(C)C)C(=O)N1C. The Morgan fingerprint density at radius 1 is 0.963 bits per heavy atom. The zero-order valence-electron chi connectivity index (χ0n) is 18.6. The highest BCUT2D eigenvalue weighted by atomic mass is 16.2. The number of hydrogen-bond acceptors (Lipinski definition) is 3. The van der Waals surface area contributed by atoms with Gasteiger partial charge in [0.05, 0.1) is 6.04 Å². The Labute approximate surface area is 164 Å². The van der Waals surface area contributed by atoms with Crippen LogP contribution in [0.25, 0.3) is 0 Å². The fourth-order valence-corrected chi connectivity index (χ4v) is 2.89. The fourth-order valence-electron chi connectivity index (χ4n) is 2.89. The Kier molecular flexibility index (Phi) is 6.56. The molecule has 2 saturated heterocycles. The number of nitrogens with one attached hydrogen (secondary N) is 1. The molecule has 1 N–H and O–H groups in total. The van der Waals surface area contributed by atoms with Crippen molar-refractivity contribution < 1.29 is 14.4 Å². The third-order valence-corrected chi connectivity index (χ3v) is 5.50. The molecule has 0 saturated carbocycles. The van der Waals surface area contributed by atoms with Crippen LogP contribution in [0, 0.1) is 16.7 Å².